The maximum atomic E-state index is 11.1. The Hall–Kier alpha value is -2.36. The number of aryl methyl sites for hydroxylation is 1. The second-order valence-corrected chi connectivity index (χ2v) is 5.43. The molecule has 1 aromatic carbocycles. The molecule has 2 aromatic rings. The van der Waals surface area contributed by atoms with Gasteiger partial charge in [-0.05, 0) is 51.5 Å². The van der Waals surface area contributed by atoms with Crippen molar-refractivity contribution in [2.75, 3.05) is 0 Å². The number of hydrogen-bond acceptors (Lipinski definition) is 2. The molecule has 21 heavy (non-hydrogen) atoms. The number of carboxylic acids is 1. The summed E-state index contributed by atoms with van der Waals surface area (Å²) in [6.45, 7) is 8.11. The summed E-state index contributed by atoms with van der Waals surface area (Å²) in [5, 5.41) is 9.12. The maximum Gasteiger partial charge on any atom is 0.336 e. The fourth-order valence-electron chi connectivity index (χ4n) is 2.38. The lowest BCUT2D eigenvalue weighted by molar-refractivity contribution is 0.0696. The fraction of sp³-hybridized carbons (Fsp3) is 0.294. The lowest BCUT2D eigenvalue weighted by atomic mass is 10.1. The highest BCUT2D eigenvalue weighted by Crippen LogP contribution is 2.22. The zero-order chi connectivity index (χ0) is 15.6. The highest BCUT2D eigenvalue weighted by Gasteiger charge is 2.09. The molecule has 0 saturated carbocycles. The van der Waals surface area contributed by atoms with E-state index in [4.69, 9.17) is 5.11 Å². The molecule has 2 rings (SSSR count). The van der Waals surface area contributed by atoms with E-state index in [0.717, 1.165) is 5.56 Å². The van der Waals surface area contributed by atoms with Gasteiger partial charge in [0, 0.05) is 29.7 Å². The van der Waals surface area contributed by atoms with E-state index >= 15 is 0 Å². The van der Waals surface area contributed by atoms with Crippen LogP contribution in [-0.4, -0.2) is 21.9 Å². The van der Waals surface area contributed by atoms with Crippen LogP contribution in [0.2, 0.25) is 0 Å². The monoisotopic (exact) mass is 284 g/mol. The van der Waals surface area contributed by atoms with Gasteiger partial charge in [0.1, 0.15) is 0 Å². The van der Waals surface area contributed by atoms with Crippen molar-refractivity contribution in [1.29, 1.82) is 0 Å². The van der Waals surface area contributed by atoms with Crippen LogP contribution in [0.5, 0.6) is 0 Å². The van der Waals surface area contributed by atoms with E-state index in [1.165, 1.54) is 5.69 Å². The molecule has 4 heteroatoms. The average molecular weight is 284 g/mol. The van der Waals surface area contributed by atoms with Gasteiger partial charge < -0.3 is 9.67 Å². The fourth-order valence-corrected chi connectivity index (χ4v) is 2.38. The third-order valence-electron chi connectivity index (χ3n) is 3.52. The summed E-state index contributed by atoms with van der Waals surface area (Å²) in [6, 6.07) is 7.61. The SMILES string of the molecule is Cc1c(N=Cc2cc(C)n(C(C)C)c2)cccc1C(=O)O. The first-order valence-electron chi connectivity index (χ1n) is 6.95. The lowest BCUT2D eigenvalue weighted by Crippen LogP contribution is -2.00. The molecule has 0 aliphatic rings. The Balaban J connectivity index is 2.32. The number of rotatable bonds is 4. The van der Waals surface area contributed by atoms with Crippen LogP contribution in [0.1, 0.15) is 47.1 Å². The zero-order valence-electron chi connectivity index (χ0n) is 12.8. The molecule has 0 unspecified atom stereocenters. The van der Waals surface area contributed by atoms with Crippen molar-refractivity contribution >= 4 is 17.9 Å². The number of carbonyl (C=O) groups is 1. The molecule has 0 radical (unpaired) electrons. The molecule has 0 fully saturated rings. The van der Waals surface area contributed by atoms with Crippen LogP contribution >= 0.6 is 0 Å². The predicted octanol–water partition coefficient (Wildman–Crippen LogP) is 4.13. The van der Waals surface area contributed by atoms with Gasteiger partial charge in [0.05, 0.1) is 11.3 Å². The Kier molecular flexibility index (Phi) is 4.26. The third kappa shape index (κ3) is 3.21. The number of aliphatic imine (C=N–C) groups is 1. The van der Waals surface area contributed by atoms with E-state index in [0.29, 0.717) is 22.9 Å². The Morgan fingerprint density at radius 1 is 1.33 bits per heavy atom. The van der Waals surface area contributed by atoms with Crippen molar-refractivity contribution in [3.05, 3.63) is 52.8 Å². The molecule has 0 bridgehead atoms. The molecular weight excluding hydrogens is 264 g/mol. The maximum absolute atomic E-state index is 11.1. The molecular formula is C17H20N2O2. The van der Waals surface area contributed by atoms with Crippen molar-refractivity contribution in [1.82, 2.24) is 4.57 Å². The minimum absolute atomic E-state index is 0.292. The molecule has 1 aromatic heterocycles. The summed E-state index contributed by atoms with van der Waals surface area (Å²) >= 11 is 0. The second-order valence-electron chi connectivity index (χ2n) is 5.43. The summed E-state index contributed by atoms with van der Waals surface area (Å²) in [6.07, 6.45) is 3.83. The number of carboxylic acid groups (broad SMARTS) is 1. The smallest absolute Gasteiger partial charge is 0.336 e. The molecule has 110 valence electrons. The highest BCUT2D eigenvalue weighted by atomic mass is 16.4. The van der Waals surface area contributed by atoms with Crippen molar-refractivity contribution in [3.8, 4) is 0 Å². The normalized spacial score (nSPS) is 11.5. The van der Waals surface area contributed by atoms with E-state index in [1.807, 2.05) is 6.07 Å². The summed E-state index contributed by atoms with van der Waals surface area (Å²) in [5.74, 6) is -0.925. The molecule has 0 saturated heterocycles. The quantitative estimate of drug-likeness (QED) is 0.858. The van der Waals surface area contributed by atoms with Gasteiger partial charge in [-0.25, -0.2) is 4.79 Å². The summed E-state index contributed by atoms with van der Waals surface area (Å²) in [7, 11) is 0. The minimum Gasteiger partial charge on any atom is -0.478 e. The Morgan fingerprint density at radius 2 is 2.05 bits per heavy atom. The van der Waals surface area contributed by atoms with Gasteiger partial charge in [-0.15, -0.1) is 0 Å². The Labute approximate surface area is 124 Å². The zero-order valence-corrected chi connectivity index (χ0v) is 12.8. The van der Waals surface area contributed by atoms with Gasteiger partial charge in [0.25, 0.3) is 0 Å². The second kappa shape index (κ2) is 5.95. The van der Waals surface area contributed by atoms with Gasteiger partial charge in [-0.1, -0.05) is 6.07 Å². The number of hydrogen-bond donors (Lipinski definition) is 1. The number of aromatic nitrogens is 1. The van der Waals surface area contributed by atoms with E-state index in [9.17, 15) is 4.79 Å². The summed E-state index contributed by atoms with van der Waals surface area (Å²) in [4.78, 5) is 15.5. The van der Waals surface area contributed by atoms with Crippen LogP contribution in [0.3, 0.4) is 0 Å². The molecule has 1 heterocycles. The average Bonchev–Trinajstić information content (AvgIpc) is 2.78. The van der Waals surface area contributed by atoms with Crippen LogP contribution in [0.25, 0.3) is 0 Å². The molecule has 4 nitrogen and oxygen atoms in total. The topological polar surface area (TPSA) is 54.6 Å². The summed E-state index contributed by atoms with van der Waals surface area (Å²) < 4.78 is 2.18. The lowest BCUT2D eigenvalue weighted by Gasteiger charge is -2.08. The van der Waals surface area contributed by atoms with E-state index in [-0.39, 0.29) is 0 Å². The molecule has 1 N–H and O–H groups in total. The number of benzene rings is 1. The predicted molar refractivity (Wildman–Crippen MR) is 84.9 cm³/mol. The molecule has 0 aliphatic carbocycles. The van der Waals surface area contributed by atoms with Crippen LogP contribution in [0, 0.1) is 13.8 Å². The van der Waals surface area contributed by atoms with Gasteiger partial charge in [0.2, 0.25) is 0 Å². The first-order chi connectivity index (χ1) is 9.90. The number of nitrogens with zero attached hydrogens (tertiary/aromatic N) is 2. The van der Waals surface area contributed by atoms with Crippen molar-refractivity contribution in [2.24, 2.45) is 4.99 Å². The summed E-state index contributed by atoms with van der Waals surface area (Å²) in [5.41, 5.74) is 3.86. The Bertz CT molecular complexity index is 697. The molecule has 0 amide bonds. The van der Waals surface area contributed by atoms with E-state index in [2.05, 4.69) is 42.6 Å². The van der Waals surface area contributed by atoms with Gasteiger partial charge >= 0.3 is 5.97 Å². The van der Waals surface area contributed by atoms with E-state index in [1.54, 1.807) is 25.3 Å². The van der Waals surface area contributed by atoms with Crippen molar-refractivity contribution < 1.29 is 9.90 Å². The molecule has 0 aliphatic heterocycles. The van der Waals surface area contributed by atoms with Gasteiger partial charge in [0.15, 0.2) is 0 Å². The van der Waals surface area contributed by atoms with Crippen LogP contribution in [-0.2, 0) is 0 Å². The van der Waals surface area contributed by atoms with Gasteiger partial charge in [-0.2, -0.15) is 0 Å². The largest absolute Gasteiger partial charge is 0.478 e. The van der Waals surface area contributed by atoms with Crippen molar-refractivity contribution in [3.63, 3.8) is 0 Å². The highest BCUT2D eigenvalue weighted by molar-refractivity contribution is 5.91. The third-order valence-corrected chi connectivity index (χ3v) is 3.52. The van der Waals surface area contributed by atoms with Crippen LogP contribution < -0.4 is 0 Å². The Morgan fingerprint density at radius 3 is 2.62 bits per heavy atom. The van der Waals surface area contributed by atoms with Crippen LogP contribution in [0.15, 0.2) is 35.5 Å². The standard InChI is InChI=1S/C17H20N2O2/c1-11(2)19-10-14(8-12(19)3)9-18-16-7-5-6-15(13(16)4)17(20)21/h5-11H,1-4H3,(H,20,21). The van der Waals surface area contributed by atoms with Crippen LogP contribution in [0.4, 0.5) is 5.69 Å². The minimum atomic E-state index is -0.925. The molecule has 0 atom stereocenters. The first-order valence-corrected chi connectivity index (χ1v) is 6.95. The van der Waals surface area contributed by atoms with Gasteiger partial charge in [-0.3, -0.25) is 4.99 Å². The molecule has 0 spiro atoms. The number of aromatic carboxylic acids is 1. The van der Waals surface area contributed by atoms with E-state index < -0.39 is 5.97 Å². The van der Waals surface area contributed by atoms with Crippen molar-refractivity contribution in [2.45, 2.75) is 33.7 Å². The first kappa shape index (κ1) is 15.0.